The van der Waals surface area contributed by atoms with Crippen molar-refractivity contribution in [2.75, 3.05) is 20.1 Å². The fraction of sp³-hybridized carbons (Fsp3) is 0.455. The van der Waals surface area contributed by atoms with Gasteiger partial charge in [-0.05, 0) is 25.1 Å². The van der Waals surface area contributed by atoms with Gasteiger partial charge in [0.25, 0.3) is 0 Å². The van der Waals surface area contributed by atoms with Gasteiger partial charge in [0.1, 0.15) is 10.7 Å². The third kappa shape index (κ3) is 2.87. The Balaban J connectivity index is 2.44. The summed E-state index contributed by atoms with van der Waals surface area (Å²) in [5.41, 5.74) is 0. The van der Waals surface area contributed by atoms with Gasteiger partial charge in [0.15, 0.2) is 0 Å². The first kappa shape index (κ1) is 15.0. The number of hydrogen-bond acceptors (Lipinski definition) is 3. The van der Waals surface area contributed by atoms with Crippen LogP contribution < -0.4 is 5.32 Å². The fourth-order valence-electron chi connectivity index (χ4n) is 2.07. The predicted molar refractivity (Wildman–Crippen MR) is 72.6 cm³/mol. The van der Waals surface area contributed by atoms with Crippen LogP contribution in [0.3, 0.4) is 0 Å². The van der Waals surface area contributed by atoms with Gasteiger partial charge in [0.05, 0.1) is 10.0 Å². The molecule has 0 bridgehead atoms. The lowest BCUT2D eigenvalue weighted by Crippen LogP contribution is -2.38. The second-order valence-corrected chi connectivity index (χ2v) is 7.12. The first-order chi connectivity index (χ1) is 8.84. The first-order valence-electron chi connectivity index (χ1n) is 5.67. The van der Waals surface area contributed by atoms with Crippen LogP contribution in [0.4, 0.5) is 4.39 Å². The van der Waals surface area contributed by atoms with Crippen LogP contribution in [0.15, 0.2) is 17.0 Å². The van der Waals surface area contributed by atoms with E-state index in [0.717, 1.165) is 18.7 Å². The zero-order chi connectivity index (χ0) is 14.2. The summed E-state index contributed by atoms with van der Waals surface area (Å²) in [6, 6.07) is 1.74. The molecule has 1 heterocycles. The van der Waals surface area contributed by atoms with Crippen molar-refractivity contribution >= 4 is 33.2 Å². The molecule has 1 saturated heterocycles. The molecule has 1 N–H and O–H groups in total. The molecule has 0 radical (unpaired) electrons. The topological polar surface area (TPSA) is 49.4 Å². The SMILES string of the molecule is CN(C1CCNC1)S(=O)(=O)c1c(Cl)cc(F)cc1Cl. The van der Waals surface area contributed by atoms with E-state index < -0.39 is 15.8 Å². The minimum absolute atomic E-state index is 0.151. The highest BCUT2D eigenvalue weighted by atomic mass is 35.5. The predicted octanol–water partition coefficient (Wildman–Crippen LogP) is 2.11. The summed E-state index contributed by atoms with van der Waals surface area (Å²) in [5.74, 6) is -0.667. The number of likely N-dealkylation sites (N-methyl/N-ethyl adjacent to an activating group) is 1. The summed E-state index contributed by atoms with van der Waals surface area (Å²) in [7, 11) is -2.36. The Morgan fingerprint density at radius 1 is 1.37 bits per heavy atom. The van der Waals surface area contributed by atoms with Gasteiger partial charge in [-0.2, -0.15) is 4.31 Å². The van der Waals surface area contributed by atoms with E-state index in [9.17, 15) is 12.8 Å². The Hall–Kier alpha value is -0.400. The zero-order valence-electron chi connectivity index (χ0n) is 10.2. The Kier molecular flexibility index (Phi) is 4.37. The lowest BCUT2D eigenvalue weighted by molar-refractivity contribution is 0.388. The number of halogens is 3. The fourth-order valence-corrected chi connectivity index (χ4v) is 4.58. The molecule has 2 rings (SSSR count). The van der Waals surface area contributed by atoms with Crippen molar-refractivity contribution in [1.29, 1.82) is 0 Å². The average molecular weight is 327 g/mol. The number of nitrogens with one attached hydrogen (secondary N) is 1. The number of rotatable bonds is 3. The van der Waals surface area contributed by atoms with Gasteiger partial charge in [-0.25, -0.2) is 12.8 Å². The summed E-state index contributed by atoms with van der Waals surface area (Å²) in [4.78, 5) is -0.244. The molecule has 1 aliphatic rings. The smallest absolute Gasteiger partial charge is 0.246 e. The third-order valence-corrected chi connectivity index (χ3v) is 5.98. The Morgan fingerprint density at radius 3 is 2.42 bits per heavy atom. The standard InChI is InChI=1S/C11H13Cl2FN2O2S/c1-16(8-2-3-15-6-8)19(17,18)11-9(12)4-7(14)5-10(11)13/h4-5,8,15H,2-3,6H2,1H3. The molecular formula is C11H13Cl2FN2O2S. The molecule has 0 aliphatic carbocycles. The molecule has 1 atom stereocenters. The lowest BCUT2D eigenvalue weighted by atomic mass is 10.3. The molecule has 0 aromatic heterocycles. The highest BCUT2D eigenvalue weighted by Crippen LogP contribution is 2.33. The molecule has 1 aromatic rings. The van der Waals surface area contributed by atoms with Crippen LogP contribution in [0.25, 0.3) is 0 Å². The van der Waals surface area contributed by atoms with E-state index >= 15 is 0 Å². The number of hydrogen-bond donors (Lipinski definition) is 1. The zero-order valence-corrected chi connectivity index (χ0v) is 12.5. The molecule has 1 fully saturated rings. The van der Waals surface area contributed by atoms with Crippen molar-refractivity contribution < 1.29 is 12.8 Å². The van der Waals surface area contributed by atoms with Crippen molar-refractivity contribution in [2.24, 2.45) is 0 Å². The Bertz CT molecular complexity index is 565. The second kappa shape index (κ2) is 5.54. The van der Waals surface area contributed by atoms with Gasteiger partial charge in [-0.15, -0.1) is 0 Å². The molecular weight excluding hydrogens is 314 g/mol. The quantitative estimate of drug-likeness (QED) is 0.925. The van der Waals surface area contributed by atoms with Gasteiger partial charge in [-0.1, -0.05) is 23.2 Å². The van der Waals surface area contributed by atoms with E-state index in [2.05, 4.69) is 5.32 Å². The lowest BCUT2D eigenvalue weighted by Gasteiger charge is -2.24. The van der Waals surface area contributed by atoms with E-state index in [1.807, 2.05) is 0 Å². The maximum atomic E-state index is 13.1. The van der Waals surface area contributed by atoms with E-state index in [1.165, 1.54) is 11.4 Å². The van der Waals surface area contributed by atoms with E-state index in [4.69, 9.17) is 23.2 Å². The number of nitrogens with zero attached hydrogens (tertiary/aromatic N) is 1. The van der Waals surface area contributed by atoms with Crippen molar-refractivity contribution in [2.45, 2.75) is 17.4 Å². The Labute approximate surface area is 121 Å². The van der Waals surface area contributed by atoms with Crippen LogP contribution in [-0.2, 0) is 10.0 Å². The summed E-state index contributed by atoms with van der Waals surface area (Å²) in [6.07, 6.45) is 0.714. The van der Waals surface area contributed by atoms with Crippen LogP contribution in [0.1, 0.15) is 6.42 Å². The minimum Gasteiger partial charge on any atom is -0.315 e. The summed E-state index contributed by atoms with van der Waals surface area (Å²) < 4.78 is 39.3. The third-order valence-electron chi connectivity index (χ3n) is 3.15. The second-order valence-electron chi connectivity index (χ2n) is 4.37. The van der Waals surface area contributed by atoms with Gasteiger partial charge in [0.2, 0.25) is 10.0 Å². The van der Waals surface area contributed by atoms with E-state index in [0.29, 0.717) is 13.0 Å². The molecule has 1 unspecified atom stereocenters. The molecule has 19 heavy (non-hydrogen) atoms. The minimum atomic E-state index is -3.84. The van der Waals surface area contributed by atoms with Crippen LogP contribution in [0.2, 0.25) is 10.0 Å². The molecule has 1 aromatic carbocycles. The molecule has 0 spiro atoms. The largest absolute Gasteiger partial charge is 0.315 e. The monoisotopic (exact) mass is 326 g/mol. The highest BCUT2D eigenvalue weighted by Gasteiger charge is 2.33. The molecule has 8 heteroatoms. The van der Waals surface area contributed by atoms with Gasteiger partial charge in [-0.3, -0.25) is 0 Å². The van der Waals surface area contributed by atoms with Crippen molar-refractivity contribution in [1.82, 2.24) is 9.62 Å². The summed E-state index contributed by atoms with van der Waals surface area (Å²) >= 11 is 11.6. The van der Waals surface area contributed by atoms with E-state index in [-0.39, 0.29) is 21.0 Å². The van der Waals surface area contributed by atoms with Crippen LogP contribution in [-0.4, -0.2) is 38.9 Å². The van der Waals surface area contributed by atoms with Gasteiger partial charge in [0, 0.05) is 19.6 Å². The van der Waals surface area contributed by atoms with Gasteiger partial charge < -0.3 is 5.32 Å². The first-order valence-corrected chi connectivity index (χ1v) is 7.87. The molecule has 0 amide bonds. The molecule has 4 nitrogen and oxygen atoms in total. The van der Waals surface area contributed by atoms with Crippen molar-refractivity contribution in [3.8, 4) is 0 Å². The normalized spacial score (nSPS) is 20.2. The van der Waals surface area contributed by atoms with Crippen LogP contribution >= 0.6 is 23.2 Å². The summed E-state index contributed by atoms with van der Waals surface area (Å²) in [5, 5.41) is 2.67. The van der Waals surface area contributed by atoms with Crippen molar-refractivity contribution in [3.63, 3.8) is 0 Å². The molecule has 1 aliphatic heterocycles. The summed E-state index contributed by atoms with van der Waals surface area (Å²) in [6.45, 7) is 1.33. The molecule has 106 valence electrons. The maximum absolute atomic E-state index is 13.1. The maximum Gasteiger partial charge on any atom is 0.246 e. The highest BCUT2D eigenvalue weighted by molar-refractivity contribution is 7.89. The number of sulfonamides is 1. The van der Waals surface area contributed by atoms with Gasteiger partial charge >= 0.3 is 0 Å². The Morgan fingerprint density at radius 2 is 1.95 bits per heavy atom. The van der Waals surface area contributed by atoms with Crippen LogP contribution in [0.5, 0.6) is 0 Å². The van der Waals surface area contributed by atoms with Crippen molar-refractivity contribution in [3.05, 3.63) is 28.0 Å². The van der Waals surface area contributed by atoms with E-state index in [1.54, 1.807) is 0 Å². The molecule has 0 saturated carbocycles. The number of benzene rings is 1. The van der Waals surface area contributed by atoms with Crippen LogP contribution in [0, 0.1) is 5.82 Å². The average Bonchev–Trinajstić information content (AvgIpc) is 2.78.